The second kappa shape index (κ2) is 10.8. The Bertz CT molecular complexity index is 1360. The number of ether oxygens (including phenoxy) is 2. The molecule has 36 heavy (non-hydrogen) atoms. The predicted octanol–water partition coefficient (Wildman–Crippen LogP) is 4.78. The molecule has 8 nitrogen and oxygen atoms in total. The summed E-state index contributed by atoms with van der Waals surface area (Å²) in [6, 6.07) is 7.68. The summed E-state index contributed by atoms with van der Waals surface area (Å²) in [7, 11) is 0. The molecule has 0 radical (unpaired) electrons. The Kier molecular flexibility index (Phi) is 7.71. The van der Waals surface area contributed by atoms with Crippen molar-refractivity contribution in [1.29, 1.82) is 5.26 Å². The smallest absolute Gasteiger partial charge is 0.270 e. The minimum Gasteiger partial charge on any atom is -0.454 e. The molecular weight excluding hydrogens is 496 g/mol. The topological polar surface area (TPSA) is 96.6 Å². The molecule has 1 N–H and O–H groups in total. The number of hydrogen-bond acceptors (Lipinski definition) is 8. The Morgan fingerprint density at radius 1 is 1.28 bits per heavy atom. The maximum absolute atomic E-state index is 13.3. The van der Waals surface area contributed by atoms with Gasteiger partial charge < -0.3 is 14.8 Å². The Morgan fingerprint density at radius 2 is 2.03 bits per heavy atom. The van der Waals surface area contributed by atoms with E-state index in [2.05, 4.69) is 11.4 Å². The van der Waals surface area contributed by atoms with Gasteiger partial charge in [-0.05, 0) is 56.5 Å². The zero-order valence-corrected chi connectivity index (χ0v) is 22.3. The van der Waals surface area contributed by atoms with E-state index in [0.29, 0.717) is 50.8 Å². The Morgan fingerprint density at radius 3 is 2.69 bits per heavy atom. The number of amides is 1. The molecule has 0 aliphatic carbocycles. The lowest BCUT2D eigenvalue weighted by Gasteiger charge is -2.21. The van der Waals surface area contributed by atoms with Crippen LogP contribution in [0.5, 0.6) is 11.5 Å². The molecule has 1 saturated heterocycles. The van der Waals surface area contributed by atoms with Crippen LogP contribution < -0.4 is 20.3 Å². The fourth-order valence-electron chi connectivity index (χ4n) is 4.18. The third kappa shape index (κ3) is 4.86. The summed E-state index contributed by atoms with van der Waals surface area (Å²) in [6.07, 6.45) is 3.40. The summed E-state index contributed by atoms with van der Waals surface area (Å²) in [6.45, 7) is 8.65. The van der Waals surface area contributed by atoms with Crippen molar-refractivity contribution in [2.75, 3.05) is 12.1 Å². The van der Waals surface area contributed by atoms with Gasteiger partial charge in [-0.1, -0.05) is 43.4 Å². The molecule has 1 aromatic heterocycles. The van der Waals surface area contributed by atoms with E-state index in [1.54, 1.807) is 22.5 Å². The molecule has 10 heteroatoms. The van der Waals surface area contributed by atoms with Gasteiger partial charge in [0.1, 0.15) is 21.8 Å². The SMILES string of the molecule is CCCCn1c(NCc2ccc3c(c2)OCO3)c(/C=C2/SC(=S)N(C(C)C)C2=O)c(C)c(C#N)c1=O. The van der Waals surface area contributed by atoms with Gasteiger partial charge in [0.2, 0.25) is 6.79 Å². The van der Waals surface area contributed by atoms with Gasteiger partial charge in [-0.15, -0.1) is 0 Å². The highest BCUT2D eigenvalue weighted by atomic mass is 32.2. The van der Waals surface area contributed by atoms with E-state index in [-0.39, 0.29) is 29.9 Å². The van der Waals surface area contributed by atoms with Crippen molar-refractivity contribution >= 4 is 46.1 Å². The van der Waals surface area contributed by atoms with Gasteiger partial charge in [0, 0.05) is 24.7 Å². The summed E-state index contributed by atoms with van der Waals surface area (Å²) in [4.78, 5) is 28.5. The number of thioether (sulfide) groups is 1. The van der Waals surface area contributed by atoms with Crippen LogP contribution in [0.1, 0.15) is 55.9 Å². The van der Waals surface area contributed by atoms with Crippen LogP contribution in [0.2, 0.25) is 0 Å². The number of nitriles is 1. The van der Waals surface area contributed by atoms with E-state index in [9.17, 15) is 14.9 Å². The zero-order chi connectivity index (χ0) is 26.0. The zero-order valence-electron chi connectivity index (χ0n) is 20.7. The molecule has 2 aromatic rings. The Hall–Kier alpha value is -3.29. The van der Waals surface area contributed by atoms with E-state index < -0.39 is 0 Å². The number of anilines is 1. The standard InChI is InChI=1S/C26H28N4O4S2/c1-5-6-9-29-23(28-13-17-7-8-20-21(10-17)34-14-33-20)18(16(4)19(12-27)24(29)31)11-22-25(32)30(15(2)3)26(35)36-22/h7-8,10-11,15,28H,5-6,9,13-14H2,1-4H3/b22-11+. The highest BCUT2D eigenvalue weighted by molar-refractivity contribution is 8.26. The predicted molar refractivity (Wildman–Crippen MR) is 145 cm³/mol. The number of nitrogens with one attached hydrogen (secondary N) is 1. The number of carbonyl (C=O) groups is 1. The Balaban J connectivity index is 1.81. The van der Waals surface area contributed by atoms with E-state index >= 15 is 0 Å². The third-order valence-electron chi connectivity index (χ3n) is 6.12. The van der Waals surface area contributed by atoms with Gasteiger partial charge in [-0.25, -0.2) is 0 Å². The number of hydrogen-bond donors (Lipinski definition) is 1. The molecule has 0 atom stereocenters. The molecule has 3 heterocycles. The van der Waals surface area contributed by atoms with Crippen molar-refractivity contribution in [3.8, 4) is 17.6 Å². The first-order valence-electron chi connectivity index (χ1n) is 11.8. The van der Waals surface area contributed by atoms with Crippen LogP contribution in [0.25, 0.3) is 6.08 Å². The fraction of sp³-hybridized carbons (Fsp3) is 0.385. The van der Waals surface area contributed by atoms with Crippen molar-refractivity contribution in [2.45, 2.75) is 59.7 Å². The van der Waals surface area contributed by atoms with Crippen molar-refractivity contribution in [1.82, 2.24) is 9.47 Å². The van der Waals surface area contributed by atoms with Gasteiger partial charge in [0.15, 0.2) is 11.5 Å². The van der Waals surface area contributed by atoms with Gasteiger partial charge in [0.05, 0.1) is 4.91 Å². The lowest BCUT2D eigenvalue weighted by Crippen LogP contribution is -2.34. The normalized spacial score (nSPS) is 15.8. The molecule has 0 saturated carbocycles. The fourth-order valence-corrected chi connectivity index (χ4v) is 5.68. The summed E-state index contributed by atoms with van der Waals surface area (Å²) >= 11 is 6.67. The number of unbranched alkanes of at least 4 members (excludes halogenated alkanes) is 1. The van der Waals surface area contributed by atoms with E-state index in [4.69, 9.17) is 21.7 Å². The van der Waals surface area contributed by atoms with Crippen LogP contribution in [0.4, 0.5) is 5.82 Å². The second-order valence-electron chi connectivity index (χ2n) is 8.87. The molecule has 0 spiro atoms. The maximum atomic E-state index is 13.3. The average Bonchev–Trinajstić information content (AvgIpc) is 3.42. The molecule has 2 aliphatic heterocycles. The number of rotatable bonds is 8. The van der Waals surface area contributed by atoms with Gasteiger partial charge in [0.25, 0.3) is 11.5 Å². The van der Waals surface area contributed by atoms with Crippen LogP contribution >= 0.6 is 24.0 Å². The van der Waals surface area contributed by atoms with Crippen LogP contribution in [-0.2, 0) is 17.9 Å². The molecule has 4 rings (SSSR count). The lowest BCUT2D eigenvalue weighted by atomic mass is 10.0. The molecule has 0 bridgehead atoms. The molecule has 1 aromatic carbocycles. The van der Waals surface area contributed by atoms with Gasteiger partial charge in [-0.3, -0.25) is 19.1 Å². The number of nitrogens with zero attached hydrogens (tertiary/aromatic N) is 3. The number of benzene rings is 1. The highest BCUT2D eigenvalue weighted by Crippen LogP contribution is 2.36. The lowest BCUT2D eigenvalue weighted by molar-refractivity contribution is -0.123. The second-order valence-corrected chi connectivity index (χ2v) is 10.5. The molecule has 188 valence electrons. The summed E-state index contributed by atoms with van der Waals surface area (Å²) in [5.74, 6) is 1.76. The molecule has 2 aliphatic rings. The Labute approximate surface area is 219 Å². The highest BCUT2D eigenvalue weighted by Gasteiger charge is 2.34. The third-order valence-corrected chi connectivity index (χ3v) is 7.45. The average molecular weight is 525 g/mol. The molecular formula is C26H28N4O4S2. The number of pyridine rings is 1. The van der Waals surface area contributed by atoms with Crippen LogP contribution in [0, 0.1) is 18.3 Å². The van der Waals surface area contributed by atoms with Crippen molar-refractivity contribution in [3.05, 3.63) is 55.7 Å². The number of carbonyl (C=O) groups excluding carboxylic acids is 1. The van der Waals surface area contributed by atoms with Gasteiger partial charge >= 0.3 is 0 Å². The van der Waals surface area contributed by atoms with Gasteiger partial charge in [-0.2, -0.15) is 5.26 Å². The van der Waals surface area contributed by atoms with E-state index in [1.807, 2.05) is 39.0 Å². The minimum atomic E-state index is -0.344. The van der Waals surface area contributed by atoms with Crippen molar-refractivity contribution in [3.63, 3.8) is 0 Å². The first-order chi connectivity index (χ1) is 17.3. The largest absolute Gasteiger partial charge is 0.454 e. The van der Waals surface area contributed by atoms with Crippen LogP contribution in [-0.4, -0.2) is 32.5 Å². The number of thiocarbonyl (C=S) groups is 1. The monoisotopic (exact) mass is 524 g/mol. The summed E-state index contributed by atoms with van der Waals surface area (Å²) in [5.41, 5.74) is 1.83. The molecule has 1 amide bonds. The first kappa shape index (κ1) is 25.8. The van der Waals surface area contributed by atoms with E-state index in [0.717, 1.165) is 18.4 Å². The van der Waals surface area contributed by atoms with E-state index in [1.165, 1.54) is 11.8 Å². The van der Waals surface area contributed by atoms with Crippen LogP contribution in [0.3, 0.4) is 0 Å². The summed E-state index contributed by atoms with van der Waals surface area (Å²) in [5, 5.41) is 13.2. The minimum absolute atomic E-state index is 0.0683. The quantitative estimate of drug-likeness (QED) is 0.389. The van der Waals surface area contributed by atoms with Crippen molar-refractivity contribution in [2.24, 2.45) is 0 Å². The summed E-state index contributed by atoms with van der Waals surface area (Å²) < 4.78 is 13.0. The number of fused-ring (bicyclic) bond motifs is 1. The molecule has 1 fully saturated rings. The number of aromatic nitrogens is 1. The molecule has 0 unspecified atom stereocenters. The first-order valence-corrected chi connectivity index (χ1v) is 13.1. The maximum Gasteiger partial charge on any atom is 0.270 e. The van der Waals surface area contributed by atoms with Crippen LogP contribution in [0.15, 0.2) is 27.9 Å². The van der Waals surface area contributed by atoms with Crippen molar-refractivity contribution < 1.29 is 14.3 Å².